The van der Waals surface area contributed by atoms with Gasteiger partial charge in [-0.15, -0.1) is 0 Å². The minimum absolute atomic E-state index is 0.0437. The molecule has 0 amide bonds. The normalized spacial score (nSPS) is 12.5. The molecule has 0 saturated heterocycles. The molecule has 0 spiro atoms. The monoisotopic (exact) mass is 238 g/mol. The highest BCUT2D eigenvalue weighted by Gasteiger charge is 2.23. The highest BCUT2D eigenvalue weighted by atomic mass is 16.5. The number of benzene rings is 1. The fraction of sp³-hybridized carbons (Fsp3) is 0.462. The number of hydrogen-bond acceptors (Lipinski definition) is 4. The minimum Gasteiger partial charge on any atom is -0.508 e. The van der Waals surface area contributed by atoms with Gasteiger partial charge >= 0.3 is 0 Å². The number of phenols is 2. The summed E-state index contributed by atoms with van der Waals surface area (Å²) in [6.45, 7) is 5.98. The molecule has 17 heavy (non-hydrogen) atoms. The van der Waals surface area contributed by atoms with Crippen molar-refractivity contribution >= 4 is 6.29 Å². The number of rotatable bonds is 5. The Morgan fingerprint density at radius 3 is 2.47 bits per heavy atom. The molecule has 0 fully saturated rings. The molecule has 0 heterocycles. The van der Waals surface area contributed by atoms with Gasteiger partial charge in [0.15, 0.2) is 0 Å². The highest BCUT2D eigenvalue weighted by Crippen LogP contribution is 2.40. The zero-order valence-electron chi connectivity index (χ0n) is 10.3. The minimum atomic E-state index is -0.447. The Labute approximate surface area is 101 Å². The Kier molecular flexibility index (Phi) is 4.37. The van der Waals surface area contributed by atoms with Crippen molar-refractivity contribution in [3.63, 3.8) is 0 Å². The van der Waals surface area contributed by atoms with Crippen LogP contribution in [0.25, 0.3) is 0 Å². The van der Waals surface area contributed by atoms with E-state index < -0.39 is 5.92 Å². The second-order valence-electron chi connectivity index (χ2n) is 4.22. The van der Waals surface area contributed by atoms with Crippen LogP contribution in [0.15, 0.2) is 12.1 Å². The summed E-state index contributed by atoms with van der Waals surface area (Å²) in [5.41, 5.74) is 0.439. The molecule has 94 valence electrons. The van der Waals surface area contributed by atoms with Crippen LogP contribution in [0.2, 0.25) is 0 Å². The second kappa shape index (κ2) is 5.57. The van der Waals surface area contributed by atoms with Crippen LogP contribution in [-0.2, 0) is 4.79 Å². The Morgan fingerprint density at radius 1 is 1.35 bits per heavy atom. The molecule has 1 unspecified atom stereocenters. The average Bonchev–Trinajstić information content (AvgIpc) is 2.22. The summed E-state index contributed by atoms with van der Waals surface area (Å²) >= 11 is 0. The van der Waals surface area contributed by atoms with Crippen LogP contribution < -0.4 is 4.74 Å². The SMILES string of the molecule is CCOc1cc(O)cc(O)c1C(C=O)C(C)C. The van der Waals surface area contributed by atoms with E-state index in [0.717, 1.165) is 6.29 Å². The molecule has 1 aromatic rings. The van der Waals surface area contributed by atoms with Gasteiger partial charge in [-0.25, -0.2) is 0 Å². The Balaban J connectivity index is 3.32. The average molecular weight is 238 g/mol. The first-order valence-electron chi connectivity index (χ1n) is 5.65. The van der Waals surface area contributed by atoms with Crippen LogP contribution in [0.1, 0.15) is 32.3 Å². The van der Waals surface area contributed by atoms with Gasteiger partial charge in [0.2, 0.25) is 0 Å². The topological polar surface area (TPSA) is 66.8 Å². The first-order valence-corrected chi connectivity index (χ1v) is 5.65. The predicted octanol–water partition coefficient (Wildman–Crippen LogP) is 2.44. The largest absolute Gasteiger partial charge is 0.508 e. The molecule has 0 radical (unpaired) electrons. The van der Waals surface area contributed by atoms with E-state index in [1.54, 1.807) is 6.92 Å². The molecule has 1 atom stereocenters. The van der Waals surface area contributed by atoms with Gasteiger partial charge in [-0.3, -0.25) is 0 Å². The van der Waals surface area contributed by atoms with Gasteiger partial charge in [-0.05, 0) is 12.8 Å². The van der Waals surface area contributed by atoms with Crippen LogP contribution in [0.4, 0.5) is 0 Å². The Bertz CT molecular complexity index is 399. The number of carbonyl (C=O) groups excluding carboxylic acids is 1. The summed E-state index contributed by atoms with van der Waals surface area (Å²) in [5, 5.41) is 19.3. The van der Waals surface area contributed by atoms with Gasteiger partial charge in [0.25, 0.3) is 0 Å². The van der Waals surface area contributed by atoms with Gasteiger partial charge in [-0.2, -0.15) is 0 Å². The molecule has 1 rings (SSSR count). The first-order chi connectivity index (χ1) is 8.01. The van der Waals surface area contributed by atoms with Crippen molar-refractivity contribution in [2.24, 2.45) is 5.92 Å². The number of hydrogen-bond donors (Lipinski definition) is 2. The van der Waals surface area contributed by atoms with Crippen LogP contribution in [0.3, 0.4) is 0 Å². The predicted molar refractivity (Wildman–Crippen MR) is 64.6 cm³/mol. The lowest BCUT2D eigenvalue weighted by Gasteiger charge is -2.20. The van der Waals surface area contributed by atoms with E-state index >= 15 is 0 Å². The van der Waals surface area contributed by atoms with E-state index in [4.69, 9.17) is 4.74 Å². The third-order valence-corrected chi connectivity index (χ3v) is 2.60. The number of ether oxygens (including phenoxy) is 1. The number of aldehydes is 1. The third kappa shape index (κ3) is 2.90. The lowest BCUT2D eigenvalue weighted by molar-refractivity contribution is -0.109. The number of aromatic hydroxyl groups is 2. The van der Waals surface area contributed by atoms with Crippen LogP contribution in [0, 0.1) is 5.92 Å². The lowest BCUT2D eigenvalue weighted by atomic mass is 9.88. The summed E-state index contributed by atoms with van der Waals surface area (Å²) in [7, 11) is 0. The molecule has 0 aliphatic rings. The fourth-order valence-electron chi connectivity index (χ4n) is 1.77. The van der Waals surface area contributed by atoms with E-state index in [-0.39, 0.29) is 17.4 Å². The number of carbonyl (C=O) groups is 1. The summed E-state index contributed by atoms with van der Waals surface area (Å²) in [5.74, 6) is -0.238. The smallest absolute Gasteiger partial charge is 0.130 e. The summed E-state index contributed by atoms with van der Waals surface area (Å²) in [4.78, 5) is 11.1. The van der Waals surface area contributed by atoms with E-state index in [1.807, 2.05) is 13.8 Å². The molecular formula is C13H18O4. The summed E-state index contributed by atoms with van der Waals surface area (Å²) in [6.07, 6.45) is 0.791. The molecule has 0 saturated carbocycles. The molecule has 4 heteroatoms. The molecule has 0 bridgehead atoms. The summed E-state index contributed by atoms with van der Waals surface area (Å²) < 4.78 is 5.35. The van der Waals surface area contributed by atoms with Gasteiger partial charge in [0.05, 0.1) is 6.61 Å². The quantitative estimate of drug-likeness (QED) is 0.773. The Hall–Kier alpha value is -1.71. The van der Waals surface area contributed by atoms with E-state index in [1.165, 1.54) is 12.1 Å². The van der Waals surface area contributed by atoms with Gasteiger partial charge in [-0.1, -0.05) is 13.8 Å². The highest BCUT2D eigenvalue weighted by molar-refractivity contribution is 5.68. The van der Waals surface area contributed by atoms with Crippen molar-refractivity contribution in [3.8, 4) is 17.2 Å². The molecule has 0 aromatic heterocycles. The maximum absolute atomic E-state index is 11.1. The van der Waals surface area contributed by atoms with Crippen molar-refractivity contribution in [1.29, 1.82) is 0 Å². The van der Waals surface area contributed by atoms with Crippen molar-refractivity contribution < 1.29 is 19.7 Å². The van der Waals surface area contributed by atoms with Crippen molar-refractivity contribution in [2.75, 3.05) is 6.61 Å². The van der Waals surface area contributed by atoms with Crippen molar-refractivity contribution in [2.45, 2.75) is 26.7 Å². The summed E-state index contributed by atoms with van der Waals surface area (Å²) in [6, 6.07) is 2.63. The first kappa shape index (κ1) is 13.4. The Morgan fingerprint density at radius 2 is 2.00 bits per heavy atom. The maximum atomic E-state index is 11.1. The molecule has 2 N–H and O–H groups in total. The molecule has 0 aliphatic heterocycles. The molecule has 4 nitrogen and oxygen atoms in total. The van der Waals surface area contributed by atoms with Gasteiger partial charge < -0.3 is 19.7 Å². The van der Waals surface area contributed by atoms with Crippen LogP contribution in [-0.4, -0.2) is 23.1 Å². The third-order valence-electron chi connectivity index (χ3n) is 2.60. The van der Waals surface area contributed by atoms with Gasteiger partial charge in [0.1, 0.15) is 23.5 Å². The van der Waals surface area contributed by atoms with E-state index in [2.05, 4.69) is 0 Å². The number of phenolic OH excluding ortho intramolecular Hbond substituents is 2. The zero-order chi connectivity index (χ0) is 13.0. The molecule has 1 aromatic carbocycles. The maximum Gasteiger partial charge on any atom is 0.130 e. The standard InChI is InChI=1S/C13H18O4/c1-4-17-12-6-9(15)5-11(16)13(12)10(7-14)8(2)3/h5-8,10,15-16H,4H2,1-3H3. The molecule has 0 aliphatic carbocycles. The zero-order valence-corrected chi connectivity index (χ0v) is 10.3. The van der Waals surface area contributed by atoms with Gasteiger partial charge in [0, 0.05) is 23.6 Å². The van der Waals surface area contributed by atoms with Crippen molar-refractivity contribution in [1.82, 2.24) is 0 Å². The molecular weight excluding hydrogens is 220 g/mol. The van der Waals surface area contributed by atoms with E-state index in [0.29, 0.717) is 17.9 Å². The van der Waals surface area contributed by atoms with Crippen LogP contribution in [0.5, 0.6) is 17.2 Å². The van der Waals surface area contributed by atoms with Crippen molar-refractivity contribution in [3.05, 3.63) is 17.7 Å². The lowest BCUT2D eigenvalue weighted by Crippen LogP contribution is -2.10. The van der Waals surface area contributed by atoms with E-state index in [9.17, 15) is 15.0 Å². The fourth-order valence-corrected chi connectivity index (χ4v) is 1.77. The van der Waals surface area contributed by atoms with Crippen LogP contribution >= 0.6 is 0 Å². The second-order valence-corrected chi connectivity index (χ2v) is 4.22.